The molecule has 13 heteroatoms. The maximum atomic E-state index is 11.8. The molecule has 1 aromatic carbocycles. The van der Waals surface area contributed by atoms with Gasteiger partial charge in [0.2, 0.25) is 6.10 Å². The fourth-order valence-electron chi connectivity index (χ4n) is 2.05. The van der Waals surface area contributed by atoms with Crippen LogP contribution < -0.4 is 22.0 Å². The summed E-state index contributed by atoms with van der Waals surface area (Å²) >= 11 is 0. The maximum Gasteiger partial charge on any atom is 0.415 e. The molecule has 1 rings (SSSR count). The number of carbonyl (C=O) groups is 3. The Hall–Kier alpha value is -3.42. The minimum absolute atomic E-state index is 0.0634. The van der Waals surface area contributed by atoms with Gasteiger partial charge in [0, 0.05) is 12.1 Å². The summed E-state index contributed by atoms with van der Waals surface area (Å²) in [6.45, 7) is 0.0634. The van der Waals surface area contributed by atoms with E-state index in [2.05, 4.69) is 4.99 Å². The van der Waals surface area contributed by atoms with Crippen LogP contribution >= 0.6 is 0 Å². The summed E-state index contributed by atoms with van der Waals surface area (Å²) in [6, 6.07) is 4.04. The van der Waals surface area contributed by atoms with Crippen LogP contribution in [0.4, 0.5) is 10.5 Å². The molecule has 0 spiro atoms. The molecule has 0 fully saturated rings. The first-order chi connectivity index (χ1) is 13.1. The Balaban J connectivity index is 2.69. The first-order valence-corrected chi connectivity index (χ1v) is 7.87. The molecule has 8 N–H and O–H groups in total. The molecule has 154 valence electrons. The van der Waals surface area contributed by atoms with Gasteiger partial charge in [-0.05, 0) is 18.9 Å². The van der Waals surface area contributed by atoms with Crippen LogP contribution in [0.5, 0.6) is 0 Å². The molecule has 0 aromatic heterocycles. The van der Waals surface area contributed by atoms with Gasteiger partial charge in [0.05, 0.1) is 5.69 Å². The van der Waals surface area contributed by atoms with Gasteiger partial charge in [-0.25, -0.2) is 9.59 Å². The van der Waals surface area contributed by atoms with Crippen LogP contribution in [-0.4, -0.2) is 52.0 Å². The quantitative estimate of drug-likeness (QED) is 0.137. The summed E-state index contributed by atoms with van der Waals surface area (Å²) < 4.78 is 4.75. The zero-order valence-corrected chi connectivity index (χ0v) is 14.5. The molecule has 0 heterocycles. The van der Waals surface area contributed by atoms with Crippen LogP contribution in [0.25, 0.3) is 0 Å². The number of nitrogens with one attached hydrogen (secondary N) is 1. The Labute approximate surface area is 158 Å². The van der Waals surface area contributed by atoms with Crippen molar-refractivity contribution in [3.63, 3.8) is 0 Å². The number of carbonyl (C=O) groups excluding carboxylic acids is 1. The van der Waals surface area contributed by atoms with E-state index >= 15 is 0 Å². The van der Waals surface area contributed by atoms with Gasteiger partial charge in [0.25, 0.3) is 0 Å². The lowest BCUT2D eigenvalue weighted by Gasteiger charge is -2.26. The highest BCUT2D eigenvalue weighted by atomic mass is 16.8. The van der Waals surface area contributed by atoms with Crippen LogP contribution in [0.2, 0.25) is 0 Å². The van der Waals surface area contributed by atoms with E-state index in [-0.39, 0.29) is 30.9 Å². The number of para-hydroxylation sites is 1. The molecule has 13 nitrogen and oxygen atoms in total. The molecule has 1 aromatic rings. The van der Waals surface area contributed by atoms with Gasteiger partial charge >= 0.3 is 18.0 Å². The van der Waals surface area contributed by atoms with Crippen molar-refractivity contribution in [2.24, 2.45) is 16.5 Å². The molecule has 28 heavy (non-hydrogen) atoms. The summed E-state index contributed by atoms with van der Waals surface area (Å²) in [7, 11) is 0. The van der Waals surface area contributed by atoms with Crippen LogP contribution in [0, 0.1) is 5.21 Å². The molecule has 2 atom stereocenters. The van der Waals surface area contributed by atoms with E-state index in [4.69, 9.17) is 26.5 Å². The number of alkyl carbamates (subject to hydrolysis) is 1. The highest BCUT2D eigenvalue weighted by molar-refractivity contribution is 5.94. The van der Waals surface area contributed by atoms with E-state index < -0.39 is 41.1 Å². The molecule has 0 aliphatic rings. The minimum Gasteiger partial charge on any atom is -0.733 e. The number of amides is 1. The maximum absolute atomic E-state index is 11.8. The molecule has 0 aliphatic heterocycles. The lowest BCUT2D eigenvalue weighted by atomic mass is 10.1. The standard InChI is InChI=1S/C15H20N5O8/c16-9(12(21)22)5-3-7-18-14(17)19-15(25)28-11(13(23)24)8-4-1-2-6-10(8)20(26)27/h1-2,4,6,9,11,26H,3,5,7,16H2,(H,21,22)(H,23,24)(H3,17,18,19,25)/q-1/t9-,11?/m1/s1. The lowest BCUT2D eigenvalue weighted by Crippen LogP contribution is -2.39. The number of anilines is 1. The van der Waals surface area contributed by atoms with E-state index in [1.807, 2.05) is 5.32 Å². The number of benzene rings is 1. The van der Waals surface area contributed by atoms with E-state index in [1.54, 1.807) is 0 Å². The third-order valence-corrected chi connectivity index (χ3v) is 3.38. The number of aliphatic carboxylic acids is 2. The highest BCUT2D eigenvalue weighted by Crippen LogP contribution is 2.28. The normalized spacial score (nSPS) is 13.3. The average Bonchev–Trinajstić information content (AvgIpc) is 2.62. The van der Waals surface area contributed by atoms with Gasteiger partial charge in [-0.2, -0.15) is 0 Å². The third kappa shape index (κ3) is 7.06. The molecule has 1 unspecified atom stereocenters. The predicted molar refractivity (Wildman–Crippen MR) is 95.4 cm³/mol. The van der Waals surface area contributed by atoms with Gasteiger partial charge < -0.3 is 36.9 Å². The molecule has 1 amide bonds. The number of ether oxygens (including phenoxy) is 1. The molecule has 0 radical (unpaired) electrons. The first kappa shape index (κ1) is 22.6. The molecule has 0 saturated heterocycles. The fraction of sp³-hybridized carbons (Fsp3) is 0.333. The van der Waals surface area contributed by atoms with E-state index in [1.165, 1.54) is 18.2 Å². The Morgan fingerprint density at radius 2 is 1.89 bits per heavy atom. The van der Waals surface area contributed by atoms with E-state index in [0.29, 0.717) is 0 Å². The van der Waals surface area contributed by atoms with Gasteiger partial charge in [-0.1, -0.05) is 18.2 Å². The summed E-state index contributed by atoms with van der Waals surface area (Å²) in [5, 5.41) is 39.5. The SMILES string of the molecule is NC(=NCCC[C@@H](N)C(=O)O)NC(=O)OC(C(=O)O)c1ccccc1N([O-])O. The van der Waals surface area contributed by atoms with Crippen molar-refractivity contribution in [3.8, 4) is 0 Å². The van der Waals surface area contributed by atoms with Crippen molar-refractivity contribution in [2.75, 3.05) is 11.8 Å². The number of hydrogen-bond acceptors (Lipinski definition) is 9. The zero-order chi connectivity index (χ0) is 21.3. The van der Waals surface area contributed by atoms with Gasteiger partial charge in [0.1, 0.15) is 6.04 Å². The van der Waals surface area contributed by atoms with Crippen molar-refractivity contribution in [1.82, 2.24) is 5.32 Å². The summed E-state index contributed by atoms with van der Waals surface area (Å²) in [5.41, 5.74) is 10.1. The number of carboxylic acid groups (broad SMARTS) is 2. The number of guanidine groups is 1. The molecular weight excluding hydrogens is 378 g/mol. The van der Waals surface area contributed by atoms with Crippen LogP contribution in [0.3, 0.4) is 0 Å². The Bertz CT molecular complexity index is 739. The number of carboxylic acids is 2. The Morgan fingerprint density at radius 1 is 1.25 bits per heavy atom. The first-order valence-electron chi connectivity index (χ1n) is 7.87. The highest BCUT2D eigenvalue weighted by Gasteiger charge is 2.27. The third-order valence-electron chi connectivity index (χ3n) is 3.38. The van der Waals surface area contributed by atoms with Gasteiger partial charge in [-0.15, -0.1) is 0 Å². The van der Waals surface area contributed by atoms with Crippen molar-refractivity contribution in [2.45, 2.75) is 25.0 Å². The van der Waals surface area contributed by atoms with Crippen molar-refractivity contribution in [3.05, 3.63) is 35.0 Å². The van der Waals surface area contributed by atoms with Crippen molar-refractivity contribution in [1.29, 1.82) is 0 Å². The molecule has 0 aliphatic carbocycles. The number of nitrogens with two attached hydrogens (primary N) is 2. The second-order valence-electron chi connectivity index (χ2n) is 5.43. The molecule has 0 bridgehead atoms. The zero-order valence-electron chi connectivity index (χ0n) is 14.5. The van der Waals surface area contributed by atoms with Crippen molar-refractivity contribution < 1.29 is 34.5 Å². The molecular formula is C15H20N5O8-. The number of aliphatic imine (C=N–C) groups is 1. The number of hydrogen-bond donors (Lipinski definition) is 6. The van der Waals surface area contributed by atoms with Gasteiger partial charge in [0.15, 0.2) is 5.96 Å². The van der Waals surface area contributed by atoms with E-state index in [0.717, 1.165) is 6.07 Å². The smallest absolute Gasteiger partial charge is 0.415 e. The second-order valence-corrected chi connectivity index (χ2v) is 5.43. The van der Waals surface area contributed by atoms with Crippen LogP contribution in [0.15, 0.2) is 29.3 Å². The summed E-state index contributed by atoms with van der Waals surface area (Å²) in [4.78, 5) is 37.6. The minimum atomic E-state index is -1.90. The Morgan fingerprint density at radius 3 is 2.46 bits per heavy atom. The summed E-state index contributed by atoms with van der Waals surface area (Å²) in [5.74, 6) is -3.14. The predicted octanol–water partition coefficient (Wildman–Crippen LogP) is -0.261. The lowest BCUT2D eigenvalue weighted by molar-refractivity contribution is -0.147. The number of rotatable bonds is 9. The topological polar surface area (TPSA) is 224 Å². The van der Waals surface area contributed by atoms with Crippen LogP contribution in [0.1, 0.15) is 24.5 Å². The second kappa shape index (κ2) is 10.7. The monoisotopic (exact) mass is 398 g/mol. The number of nitrogens with zero attached hydrogens (tertiary/aromatic N) is 2. The largest absolute Gasteiger partial charge is 0.733 e. The van der Waals surface area contributed by atoms with Gasteiger partial charge in [-0.3, -0.25) is 20.3 Å². The Kier molecular flexibility index (Phi) is 8.61. The fourth-order valence-corrected chi connectivity index (χ4v) is 2.05. The van der Waals surface area contributed by atoms with Crippen molar-refractivity contribution >= 4 is 29.7 Å². The molecule has 0 saturated carbocycles. The summed E-state index contributed by atoms with van der Waals surface area (Å²) in [6.07, 6.45) is -2.74. The average molecular weight is 398 g/mol. The van der Waals surface area contributed by atoms with Crippen LogP contribution in [-0.2, 0) is 14.3 Å². The van der Waals surface area contributed by atoms with E-state index in [9.17, 15) is 24.7 Å².